The van der Waals surface area contributed by atoms with Crippen LogP contribution in [0.15, 0.2) is 30.8 Å². The number of hydrogen-bond acceptors (Lipinski definition) is 4. The predicted octanol–water partition coefficient (Wildman–Crippen LogP) is 1.77. The largest absolute Gasteiger partial charge is 0.511 e. The Morgan fingerprint density at radius 2 is 1.94 bits per heavy atom. The van der Waals surface area contributed by atoms with E-state index in [4.69, 9.17) is 0 Å². The number of carbonyl (C=O) groups excluding carboxylic acids is 2. The maximum Gasteiger partial charge on any atom is 0.263 e. The van der Waals surface area contributed by atoms with E-state index in [1.807, 2.05) is 13.8 Å². The molecule has 94 valence electrons. The van der Waals surface area contributed by atoms with Crippen LogP contribution >= 0.6 is 0 Å². The van der Waals surface area contributed by atoms with E-state index in [9.17, 15) is 14.7 Å². The van der Waals surface area contributed by atoms with Crippen LogP contribution < -0.4 is 0 Å². The van der Waals surface area contributed by atoms with E-state index in [0.717, 1.165) is 4.90 Å². The van der Waals surface area contributed by atoms with Gasteiger partial charge in [-0.2, -0.15) is 0 Å². The first-order chi connectivity index (χ1) is 8.45. The molecule has 1 aliphatic heterocycles. The number of aromatic nitrogens is 1. The Labute approximate surface area is 105 Å². The molecule has 18 heavy (non-hydrogen) atoms. The van der Waals surface area contributed by atoms with Crippen molar-refractivity contribution in [3.63, 3.8) is 0 Å². The SMILES string of the molecule is C=C(O)C(C(C)C)N1C(=O)c2ccncc2C1=O. The lowest BCUT2D eigenvalue weighted by atomic mass is 10.0. The van der Waals surface area contributed by atoms with Crippen LogP contribution in [0.3, 0.4) is 0 Å². The van der Waals surface area contributed by atoms with Crippen LogP contribution in [0.2, 0.25) is 0 Å². The molecule has 0 aromatic carbocycles. The van der Waals surface area contributed by atoms with Crippen molar-refractivity contribution in [1.29, 1.82) is 0 Å². The van der Waals surface area contributed by atoms with Gasteiger partial charge in [0, 0.05) is 12.4 Å². The fraction of sp³-hybridized carbons (Fsp3) is 0.308. The van der Waals surface area contributed by atoms with E-state index in [0.29, 0.717) is 5.56 Å². The molecule has 1 aromatic rings. The second-order valence-electron chi connectivity index (χ2n) is 4.58. The van der Waals surface area contributed by atoms with Crippen molar-refractivity contribution in [1.82, 2.24) is 9.88 Å². The fourth-order valence-corrected chi connectivity index (χ4v) is 2.19. The average molecular weight is 246 g/mol. The van der Waals surface area contributed by atoms with E-state index in [1.54, 1.807) is 0 Å². The standard InChI is InChI=1S/C13H14N2O3/c1-7(2)11(8(3)16)15-12(17)9-4-5-14-6-10(9)13(15)18/h4-7,11,16H,3H2,1-2H3. The number of hydrogen-bond donors (Lipinski definition) is 1. The number of carbonyl (C=O) groups is 2. The molecular formula is C13H14N2O3. The van der Waals surface area contributed by atoms with Crippen LogP contribution in [-0.4, -0.2) is 32.8 Å². The quantitative estimate of drug-likeness (QED) is 0.651. The van der Waals surface area contributed by atoms with Crippen LogP contribution in [0.4, 0.5) is 0 Å². The summed E-state index contributed by atoms with van der Waals surface area (Å²) in [5, 5.41) is 9.60. The molecule has 0 spiro atoms. The minimum Gasteiger partial charge on any atom is -0.511 e. The second-order valence-corrected chi connectivity index (χ2v) is 4.58. The van der Waals surface area contributed by atoms with Gasteiger partial charge in [0.2, 0.25) is 0 Å². The maximum atomic E-state index is 12.2. The summed E-state index contributed by atoms with van der Waals surface area (Å²) in [5.41, 5.74) is 0.594. The molecule has 2 heterocycles. The van der Waals surface area contributed by atoms with Crippen molar-refractivity contribution < 1.29 is 14.7 Å². The lowest BCUT2D eigenvalue weighted by molar-refractivity contribution is 0.0532. The Bertz CT molecular complexity index is 502. The third-order valence-corrected chi connectivity index (χ3v) is 2.97. The molecule has 1 aromatic heterocycles. The summed E-state index contributed by atoms with van der Waals surface area (Å²) in [5.74, 6) is -1.14. The summed E-state index contributed by atoms with van der Waals surface area (Å²) in [6.07, 6.45) is 2.83. The zero-order chi connectivity index (χ0) is 13.4. The van der Waals surface area contributed by atoms with E-state index >= 15 is 0 Å². The number of fused-ring (bicyclic) bond motifs is 1. The highest BCUT2D eigenvalue weighted by Gasteiger charge is 2.42. The molecule has 0 aliphatic carbocycles. The van der Waals surface area contributed by atoms with E-state index < -0.39 is 17.9 Å². The highest BCUT2D eigenvalue weighted by atomic mass is 16.3. The van der Waals surface area contributed by atoms with Crippen molar-refractivity contribution in [2.75, 3.05) is 0 Å². The average Bonchev–Trinajstić information content (AvgIpc) is 2.55. The predicted molar refractivity (Wildman–Crippen MR) is 65.1 cm³/mol. The van der Waals surface area contributed by atoms with Gasteiger partial charge < -0.3 is 5.11 Å². The van der Waals surface area contributed by atoms with Gasteiger partial charge in [-0.3, -0.25) is 19.5 Å². The lowest BCUT2D eigenvalue weighted by Crippen LogP contribution is -2.44. The van der Waals surface area contributed by atoms with Crippen LogP contribution in [-0.2, 0) is 0 Å². The van der Waals surface area contributed by atoms with Gasteiger partial charge in [0.05, 0.1) is 17.2 Å². The molecule has 0 saturated carbocycles. The molecule has 2 rings (SSSR count). The van der Waals surface area contributed by atoms with Gasteiger partial charge in [-0.1, -0.05) is 20.4 Å². The van der Waals surface area contributed by atoms with E-state index in [2.05, 4.69) is 11.6 Å². The van der Waals surface area contributed by atoms with Crippen LogP contribution in [0.5, 0.6) is 0 Å². The number of pyridine rings is 1. The summed E-state index contributed by atoms with van der Waals surface area (Å²) in [6, 6.07) is 0.796. The number of aliphatic hydroxyl groups excluding tert-OH is 1. The molecule has 1 atom stereocenters. The van der Waals surface area contributed by atoms with Crippen molar-refractivity contribution in [3.05, 3.63) is 41.9 Å². The van der Waals surface area contributed by atoms with Gasteiger partial charge in [-0.15, -0.1) is 0 Å². The zero-order valence-electron chi connectivity index (χ0n) is 10.3. The highest BCUT2D eigenvalue weighted by Crippen LogP contribution is 2.28. The number of aliphatic hydroxyl groups is 1. The summed E-state index contributed by atoms with van der Waals surface area (Å²) < 4.78 is 0. The summed E-state index contributed by atoms with van der Waals surface area (Å²) in [7, 11) is 0. The van der Waals surface area contributed by atoms with Crippen molar-refractivity contribution in [3.8, 4) is 0 Å². The Morgan fingerprint density at radius 3 is 2.44 bits per heavy atom. The van der Waals surface area contributed by atoms with Gasteiger partial charge in [0.1, 0.15) is 5.76 Å². The van der Waals surface area contributed by atoms with E-state index in [1.165, 1.54) is 18.5 Å². The normalized spacial score (nSPS) is 16.1. The Morgan fingerprint density at radius 1 is 1.33 bits per heavy atom. The molecule has 0 bridgehead atoms. The molecule has 5 nitrogen and oxygen atoms in total. The number of amides is 2. The molecule has 1 unspecified atom stereocenters. The second kappa shape index (κ2) is 4.25. The van der Waals surface area contributed by atoms with Gasteiger partial charge in [0.25, 0.3) is 11.8 Å². The zero-order valence-corrected chi connectivity index (χ0v) is 10.3. The molecular weight excluding hydrogens is 232 g/mol. The summed E-state index contributed by atoms with van der Waals surface area (Å²) >= 11 is 0. The van der Waals surface area contributed by atoms with Crippen LogP contribution in [0, 0.1) is 5.92 Å². The first-order valence-corrected chi connectivity index (χ1v) is 5.64. The minimum atomic E-state index is -0.711. The van der Waals surface area contributed by atoms with Crippen LogP contribution in [0.1, 0.15) is 34.6 Å². The smallest absolute Gasteiger partial charge is 0.263 e. The molecule has 0 fully saturated rings. The highest BCUT2D eigenvalue weighted by molar-refractivity contribution is 6.21. The minimum absolute atomic E-state index is 0.113. The van der Waals surface area contributed by atoms with Gasteiger partial charge in [-0.25, -0.2) is 0 Å². The summed E-state index contributed by atoms with van der Waals surface area (Å²) in [4.78, 5) is 29.2. The van der Waals surface area contributed by atoms with Gasteiger partial charge in [0.15, 0.2) is 0 Å². The molecule has 5 heteroatoms. The first kappa shape index (κ1) is 12.3. The van der Waals surface area contributed by atoms with Gasteiger partial charge in [-0.05, 0) is 12.0 Å². The van der Waals surface area contributed by atoms with Crippen molar-refractivity contribution >= 4 is 11.8 Å². The maximum absolute atomic E-state index is 12.2. The summed E-state index contributed by atoms with van der Waals surface area (Å²) in [6.45, 7) is 7.07. The Hall–Kier alpha value is -2.17. The topological polar surface area (TPSA) is 70.5 Å². The number of nitrogens with zero attached hydrogens (tertiary/aromatic N) is 2. The molecule has 1 aliphatic rings. The Balaban J connectivity index is 2.47. The molecule has 1 N–H and O–H groups in total. The molecule has 2 amide bonds. The van der Waals surface area contributed by atoms with Crippen molar-refractivity contribution in [2.45, 2.75) is 19.9 Å². The lowest BCUT2D eigenvalue weighted by Gasteiger charge is -2.28. The number of imide groups is 1. The fourth-order valence-electron chi connectivity index (χ4n) is 2.19. The molecule has 0 saturated heterocycles. The molecule has 0 radical (unpaired) electrons. The third-order valence-electron chi connectivity index (χ3n) is 2.97. The van der Waals surface area contributed by atoms with Crippen LogP contribution in [0.25, 0.3) is 0 Å². The van der Waals surface area contributed by atoms with E-state index in [-0.39, 0.29) is 17.2 Å². The number of rotatable bonds is 3. The Kier molecular flexibility index (Phi) is 2.90. The van der Waals surface area contributed by atoms with Crippen molar-refractivity contribution in [2.24, 2.45) is 5.92 Å². The van der Waals surface area contributed by atoms with Gasteiger partial charge >= 0.3 is 0 Å². The monoisotopic (exact) mass is 246 g/mol. The first-order valence-electron chi connectivity index (χ1n) is 5.64. The third kappa shape index (κ3) is 1.68.